The zero-order valence-electron chi connectivity index (χ0n) is 40.1. The highest BCUT2D eigenvalue weighted by molar-refractivity contribution is 5.80. The number of amides is 1. The van der Waals surface area contributed by atoms with Gasteiger partial charge in [-0.25, -0.2) is 0 Å². The number of nitrogens with one attached hydrogen (secondary N) is 1. The maximum Gasteiger partial charge on any atom is 0.249 e. The van der Waals surface area contributed by atoms with E-state index < -0.39 is 74.2 Å². The van der Waals surface area contributed by atoms with Crippen molar-refractivity contribution in [2.45, 2.75) is 306 Å². The molecule has 1 fully saturated rings. The maximum atomic E-state index is 13.1. The molecule has 0 aromatic heterocycles. The minimum absolute atomic E-state index is 0.267. The summed E-state index contributed by atoms with van der Waals surface area (Å²) < 4.78 is 11.1. The van der Waals surface area contributed by atoms with Gasteiger partial charge >= 0.3 is 0 Å². The van der Waals surface area contributed by atoms with E-state index in [0.717, 1.165) is 38.5 Å². The van der Waals surface area contributed by atoms with Crippen LogP contribution in [-0.4, -0.2) is 110 Å². The molecule has 0 saturated carbocycles. The maximum absolute atomic E-state index is 13.1. The Balaban J connectivity index is 2.32. The van der Waals surface area contributed by atoms with Crippen molar-refractivity contribution in [3.8, 4) is 0 Å². The van der Waals surface area contributed by atoms with Gasteiger partial charge in [0.15, 0.2) is 6.29 Å². The van der Waals surface area contributed by atoms with Crippen LogP contribution in [-0.2, 0) is 14.3 Å². The molecule has 1 rings (SSSR count). The van der Waals surface area contributed by atoms with Crippen LogP contribution in [0.1, 0.15) is 251 Å². The van der Waals surface area contributed by atoms with Gasteiger partial charge in [-0.2, -0.15) is 0 Å². The fourth-order valence-corrected chi connectivity index (χ4v) is 8.80. The molecule has 0 unspecified atom stereocenters. The Bertz CT molecular complexity index is 975. The summed E-state index contributed by atoms with van der Waals surface area (Å²) in [6.07, 6.45) is 32.9. The van der Waals surface area contributed by atoms with Crippen LogP contribution >= 0.6 is 0 Å². The second-order valence-electron chi connectivity index (χ2n) is 19.0. The predicted octanol–water partition coefficient (Wildman–Crippen LogP) is 9.84. The lowest BCUT2D eigenvalue weighted by atomic mass is 9.98. The number of unbranched alkanes of at least 4 members (excludes halogenated alkanes) is 33. The van der Waals surface area contributed by atoms with Crippen LogP contribution in [0.4, 0.5) is 0 Å². The fraction of sp³-hybridized carbons (Fsp3) is 0.980. The summed E-state index contributed by atoms with van der Waals surface area (Å²) in [4.78, 5) is 13.1. The normalized spacial score (nSPS) is 21.2. The van der Waals surface area contributed by atoms with E-state index in [1.54, 1.807) is 0 Å². The molecule has 1 aliphatic heterocycles. The average Bonchev–Trinajstić information content (AvgIpc) is 3.27. The molecule has 0 aliphatic carbocycles. The molecule has 370 valence electrons. The summed E-state index contributed by atoms with van der Waals surface area (Å²) in [5.41, 5.74) is 0. The van der Waals surface area contributed by atoms with Gasteiger partial charge in [0, 0.05) is 0 Å². The smallest absolute Gasteiger partial charge is 0.249 e. The number of carbonyl (C=O) groups is 1. The third kappa shape index (κ3) is 30.3. The van der Waals surface area contributed by atoms with Crippen molar-refractivity contribution in [3.63, 3.8) is 0 Å². The highest BCUT2D eigenvalue weighted by Crippen LogP contribution is 2.23. The molecule has 1 heterocycles. The average molecular weight is 888 g/mol. The first-order valence-electron chi connectivity index (χ1n) is 26.4. The largest absolute Gasteiger partial charge is 0.394 e. The lowest BCUT2D eigenvalue weighted by Crippen LogP contribution is -2.60. The van der Waals surface area contributed by atoms with Crippen LogP contribution in [0.15, 0.2) is 0 Å². The molecule has 8 N–H and O–H groups in total. The molecule has 1 aliphatic rings. The Hall–Kier alpha value is -0.890. The van der Waals surface area contributed by atoms with Gasteiger partial charge in [-0.05, 0) is 12.8 Å². The van der Waals surface area contributed by atoms with Crippen LogP contribution in [0, 0.1) is 0 Å². The molecule has 1 saturated heterocycles. The molecule has 11 nitrogen and oxygen atoms in total. The van der Waals surface area contributed by atoms with Gasteiger partial charge in [-0.1, -0.05) is 239 Å². The van der Waals surface area contributed by atoms with Crippen molar-refractivity contribution in [1.29, 1.82) is 0 Å². The van der Waals surface area contributed by atoms with Crippen LogP contribution in [0.2, 0.25) is 0 Å². The van der Waals surface area contributed by atoms with Crippen molar-refractivity contribution in [2.24, 2.45) is 0 Å². The fourth-order valence-electron chi connectivity index (χ4n) is 8.80. The van der Waals surface area contributed by atoms with E-state index >= 15 is 0 Å². The van der Waals surface area contributed by atoms with E-state index in [9.17, 15) is 40.5 Å². The molecule has 1 amide bonds. The first-order chi connectivity index (χ1) is 30.2. The monoisotopic (exact) mass is 888 g/mol. The van der Waals surface area contributed by atoms with Crippen LogP contribution in [0.3, 0.4) is 0 Å². The number of rotatable bonds is 45. The first-order valence-corrected chi connectivity index (χ1v) is 26.4. The topological polar surface area (TPSA) is 189 Å². The zero-order valence-corrected chi connectivity index (χ0v) is 40.1. The Kier molecular flexibility index (Phi) is 39.6. The van der Waals surface area contributed by atoms with Crippen molar-refractivity contribution >= 4 is 5.91 Å². The van der Waals surface area contributed by atoms with Crippen molar-refractivity contribution in [1.82, 2.24) is 5.32 Å². The molecule has 0 aromatic rings. The third-order valence-corrected chi connectivity index (χ3v) is 13.2. The minimum Gasteiger partial charge on any atom is -0.394 e. The molecule has 0 spiro atoms. The summed E-state index contributed by atoms with van der Waals surface area (Å²) in [5.74, 6) is -0.692. The molecule has 0 radical (unpaired) electrons. The Morgan fingerprint density at radius 1 is 0.500 bits per heavy atom. The highest BCUT2D eigenvalue weighted by Gasteiger charge is 2.44. The standard InChI is InChI=1S/C51H101NO10/c1-3-5-7-9-11-13-15-17-18-19-20-21-22-23-24-25-27-29-31-33-35-37-39-44(55)50(60)52-42(41-61-51-49(59)48(58)47(57)45(40-53)62-51)46(56)43(54)38-36-34-32-30-28-26-16-14-12-10-8-6-4-2/h42-49,51,53-59H,3-41H2,1-2H3,(H,52,60)/t42-,43+,44+,45+,46-,47-,48-,49+,51-/m0/s1. The molecular formula is C51H101NO10. The van der Waals surface area contributed by atoms with E-state index in [2.05, 4.69) is 19.2 Å². The van der Waals surface area contributed by atoms with Gasteiger partial charge < -0.3 is 50.5 Å². The third-order valence-electron chi connectivity index (χ3n) is 13.2. The summed E-state index contributed by atoms with van der Waals surface area (Å²) >= 11 is 0. The summed E-state index contributed by atoms with van der Waals surface area (Å²) in [6, 6.07) is -1.16. The number of hydrogen-bond donors (Lipinski definition) is 8. The molecular weight excluding hydrogens is 787 g/mol. The lowest BCUT2D eigenvalue weighted by Gasteiger charge is -2.40. The van der Waals surface area contributed by atoms with E-state index in [1.807, 2.05) is 0 Å². The van der Waals surface area contributed by atoms with Gasteiger partial charge in [0.05, 0.1) is 25.4 Å². The Labute approximate surface area is 379 Å². The van der Waals surface area contributed by atoms with E-state index in [4.69, 9.17) is 9.47 Å². The van der Waals surface area contributed by atoms with Crippen molar-refractivity contribution in [3.05, 3.63) is 0 Å². The van der Waals surface area contributed by atoms with Crippen molar-refractivity contribution in [2.75, 3.05) is 13.2 Å². The molecule has 9 atom stereocenters. The first kappa shape index (κ1) is 59.1. The quantitative estimate of drug-likeness (QED) is 0.0273. The number of hydrogen-bond acceptors (Lipinski definition) is 10. The zero-order chi connectivity index (χ0) is 45.5. The van der Waals surface area contributed by atoms with Gasteiger partial charge in [-0.3, -0.25) is 4.79 Å². The second kappa shape index (κ2) is 41.5. The number of ether oxygens (including phenoxy) is 2. The Morgan fingerprint density at radius 3 is 1.19 bits per heavy atom. The lowest BCUT2D eigenvalue weighted by molar-refractivity contribution is -0.303. The van der Waals surface area contributed by atoms with Gasteiger partial charge in [0.1, 0.15) is 36.6 Å². The second-order valence-corrected chi connectivity index (χ2v) is 19.0. The van der Waals surface area contributed by atoms with Crippen molar-refractivity contribution < 1.29 is 50.0 Å². The molecule has 11 heteroatoms. The van der Waals surface area contributed by atoms with Crippen LogP contribution < -0.4 is 5.32 Å². The number of carbonyl (C=O) groups excluding carboxylic acids is 1. The molecule has 0 bridgehead atoms. The van der Waals surface area contributed by atoms with Gasteiger partial charge in [-0.15, -0.1) is 0 Å². The van der Waals surface area contributed by atoms with Crippen LogP contribution in [0.25, 0.3) is 0 Å². The molecule has 62 heavy (non-hydrogen) atoms. The minimum atomic E-state index is -1.66. The highest BCUT2D eigenvalue weighted by atomic mass is 16.7. The van der Waals surface area contributed by atoms with E-state index in [0.29, 0.717) is 19.3 Å². The predicted molar refractivity (Wildman–Crippen MR) is 252 cm³/mol. The Morgan fingerprint density at radius 2 is 0.839 bits per heavy atom. The van der Waals surface area contributed by atoms with E-state index in [-0.39, 0.29) is 6.42 Å². The number of aliphatic hydroxyl groups is 7. The van der Waals surface area contributed by atoms with Crippen LogP contribution in [0.5, 0.6) is 0 Å². The van der Waals surface area contributed by atoms with E-state index in [1.165, 1.54) is 173 Å². The summed E-state index contributed by atoms with van der Waals surface area (Å²) in [7, 11) is 0. The summed E-state index contributed by atoms with van der Waals surface area (Å²) in [5, 5.41) is 75.9. The van der Waals surface area contributed by atoms with Gasteiger partial charge in [0.2, 0.25) is 5.91 Å². The molecule has 0 aromatic carbocycles. The SMILES string of the molecule is CCCCCCCCCCCCCCCCCCCCCCCC[C@@H](O)C(=O)N[C@@H](CO[C@H]1O[C@H](CO)[C@H](O)[C@H](O)[C@H]1O)[C@H](O)[C@H](O)CCCCCCCCCCCCCCC. The summed E-state index contributed by atoms with van der Waals surface area (Å²) in [6.45, 7) is 3.47. The van der Waals surface area contributed by atoms with Gasteiger partial charge in [0.25, 0.3) is 0 Å². The number of aliphatic hydroxyl groups excluding tert-OH is 7.